The Hall–Kier alpha value is -2.81. The van der Waals surface area contributed by atoms with Gasteiger partial charge in [0.25, 0.3) is 5.56 Å². The number of methoxy groups -OCH3 is 1. The lowest BCUT2D eigenvalue weighted by Gasteiger charge is -2.11. The van der Waals surface area contributed by atoms with Gasteiger partial charge in [-0.2, -0.15) is 5.26 Å². The third kappa shape index (κ3) is 2.53. The van der Waals surface area contributed by atoms with Crippen LogP contribution in [0.1, 0.15) is 30.0 Å². The molecule has 2 aromatic rings. The van der Waals surface area contributed by atoms with Gasteiger partial charge in [-0.1, -0.05) is 12.1 Å². The highest BCUT2D eigenvalue weighted by Crippen LogP contribution is 2.33. The van der Waals surface area contributed by atoms with E-state index in [1.54, 1.807) is 25.3 Å². The normalized spacial score (nSPS) is 13.6. The van der Waals surface area contributed by atoms with Crippen LogP contribution in [-0.2, 0) is 6.54 Å². The van der Waals surface area contributed by atoms with Gasteiger partial charge >= 0.3 is 5.69 Å². The zero-order valence-electron chi connectivity index (χ0n) is 12.2. The SMILES string of the molecule is COc1cccc(Cn2c(=O)c(C#N)cn(C3CC3)c2=O)c1. The molecule has 0 saturated heterocycles. The number of aromatic nitrogens is 2. The molecule has 0 atom stereocenters. The van der Waals surface area contributed by atoms with Crippen molar-refractivity contribution in [1.29, 1.82) is 5.26 Å². The molecule has 3 rings (SSSR count). The number of nitrogens with zero attached hydrogens (tertiary/aromatic N) is 3. The van der Waals surface area contributed by atoms with Crippen LogP contribution in [0.2, 0.25) is 0 Å². The molecule has 0 spiro atoms. The second kappa shape index (κ2) is 5.53. The Morgan fingerprint density at radius 2 is 2.14 bits per heavy atom. The van der Waals surface area contributed by atoms with E-state index in [2.05, 4.69) is 0 Å². The molecule has 0 unspecified atom stereocenters. The highest BCUT2D eigenvalue weighted by atomic mass is 16.5. The van der Waals surface area contributed by atoms with E-state index in [4.69, 9.17) is 10.00 Å². The van der Waals surface area contributed by atoms with Gasteiger partial charge in [-0.3, -0.25) is 13.9 Å². The molecule has 6 heteroatoms. The largest absolute Gasteiger partial charge is 0.497 e. The summed E-state index contributed by atoms with van der Waals surface area (Å²) >= 11 is 0. The Morgan fingerprint density at radius 3 is 2.77 bits per heavy atom. The number of rotatable bonds is 4. The molecule has 1 heterocycles. The molecule has 0 N–H and O–H groups in total. The fraction of sp³-hybridized carbons (Fsp3) is 0.312. The monoisotopic (exact) mass is 297 g/mol. The van der Waals surface area contributed by atoms with Gasteiger partial charge in [-0.15, -0.1) is 0 Å². The van der Waals surface area contributed by atoms with Crippen LogP contribution in [0.5, 0.6) is 5.75 Å². The zero-order chi connectivity index (χ0) is 15.7. The Balaban J connectivity index is 2.09. The van der Waals surface area contributed by atoms with Crippen LogP contribution in [0.25, 0.3) is 0 Å². The molecule has 6 nitrogen and oxygen atoms in total. The van der Waals surface area contributed by atoms with Crippen LogP contribution in [0, 0.1) is 11.3 Å². The van der Waals surface area contributed by atoms with Gasteiger partial charge in [0.05, 0.1) is 13.7 Å². The highest BCUT2D eigenvalue weighted by Gasteiger charge is 2.26. The van der Waals surface area contributed by atoms with E-state index in [0.717, 1.165) is 23.0 Å². The smallest absolute Gasteiger partial charge is 0.331 e. The molecule has 0 radical (unpaired) electrons. The topological polar surface area (TPSA) is 77.0 Å². The van der Waals surface area contributed by atoms with Gasteiger partial charge in [-0.25, -0.2) is 4.79 Å². The summed E-state index contributed by atoms with van der Waals surface area (Å²) in [4.78, 5) is 24.8. The quantitative estimate of drug-likeness (QED) is 0.851. The summed E-state index contributed by atoms with van der Waals surface area (Å²) in [6, 6.07) is 9.16. The molecule has 1 aliphatic rings. The third-order valence-electron chi connectivity index (χ3n) is 3.73. The summed E-state index contributed by atoms with van der Waals surface area (Å²) in [5.74, 6) is 0.657. The second-order valence-electron chi connectivity index (χ2n) is 5.32. The second-order valence-corrected chi connectivity index (χ2v) is 5.32. The van der Waals surface area contributed by atoms with Crippen molar-refractivity contribution in [3.63, 3.8) is 0 Å². The van der Waals surface area contributed by atoms with Crippen LogP contribution in [0.3, 0.4) is 0 Å². The van der Waals surface area contributed by atoms with Crippen LogP contribution in [0.15, 0.2) is 40.1 Å². The van der Waals surface area contributed by atoms with Crippen molar-refractivity contribution >= 4 is 0 Å². The van der Waals surface area contributed by atoms with E-state index >= 15 is 0 Å². The molecule has 0 amide bonds. The predicted molar refractivity (Wildman–Crippen MR) is 80.0 cm³/mol. The Kier molecular flexibility index (Phi) is 3.55. The van der Waals surface area contributed by atoms with Gasteiger partial charge in [0.15, 0.2) is 0 Å². The standard InChI is InChI=1S/C16H15N3O3/c1-22-14-4-2-3-11(7-14)9-19-15(20)12(8-17)10-18(16(19)21)13-5-6-13/h2-4,7,10,13H,5-6,9H2,1H3. The third-order valence-corrected chi connectivity index (χ3v) is 3.73. The van der Waals surface area contributed by atoms with Crippen molar-refractivity contribution in [1.82, 2.24) is 9.13 Å². The summed E-state index contributed by atoms with van der Waals surface area (Å²) in [7, 11) is 1.56. The minimum Gasteiger partial charge on any atom is -0.497 e. The van der Waals surface area contributed by atoms with Gasteiger partial charge in [0.1, 0.15) is 17.4 Å². The first-order valence-electron chi connectivity index (χ1n) is 7.03. The maximum absolute atomic E-state index is 12.5. The maximum atomic E-state index is 12.5. The van der Waals surface area contributed by atoms with Crippen molar-refractivity contribution in [3.8, 4) is 11.8 Å². The van der Waals surface area contributed by atoms with Crippen molar-refractivity contribution in [2.24, 2.45) is 0 Å². The molecule has 1 saturated carbocycles. The number of nitriles is 1. The van der Waals surface area contributed by atoms with Crippen molar-refractivity contribution in [2.45, 2.75) is 25.4 Å². The first-order valence-corrected chi connectivity index (χ1v) is 7.03. The number of hydrogen-bond donors (Lipinski definition) is 0. The van der Waals surface area contributed by atoms with Gasteiger partial charge in [0.2, 0.25) is 0 Å². The van der Waals surface area contributed by atoms with Crippen LogP contribution < -0.4 is 16.0 Å². The minimum absolute atomic E-state index is 0.00519. The average Bonchev–Trinajstić information content (AvgIpc) is 3.36. The number of hydrogen-bond acceptors (Lipinski definition) is 4. The van der Waals surface area contributed by atoms with Crippen LogP contribution in [0.4, 0.5) is 0 Å². The highest BCUT2D eigenvalue weighted by molar-refractivity contribution is 5.29. The summed E-state index contributed by atoms with van der Waals surface area (Å²) in [6.45, 7) is 0.122. The van der Waals surface area contributed by atoms with E-state index in [9.17, 15) is 9.59 Å². The summed E-state index contributed by atoms with van der Waals surface area (Å²) in [6.07, 6.45) is 3.19. The molecule has 22 heavy (non-hydrogen) atoms. The molecule has 1 aliphatic carbocycles. The molecular formula is C16H15N3O3. The summed E-state index contributed by atoms with van der Waals surface area (Å²) < 4.78 is 7.76. The molecule has 1 aromatic carbocycles. The van der Waals surface area contributed by atoms with E-state index in [1.165, 1.54) is 10.8 Å². The fourth-order valence-corrected chi connectivity index (χ4v) is 2.40. The van der Waals surface area contributed by atoms with Crippen LogP contribution in [-0.4, -0.2) is 16.2 Å². The first kappa shape index (κ1) is 14.1. The molecule has 0 aliphatic heterocycles. The number of benzene rings is 1. The Labute approximate surface area is 126 Å². The van der Waals surface area contributed by atoms with Crippen molar-refractivity contribution in [2.75, 3.05) is 7.11 Å². The molecule has 0 bridgehead atoms. The van der Waals surface area contributed by atoms with Crippen molar-refractivity contribution in [3.05, 3.63) is 62.4 Å². The lowest BCUT2D eigenvalue weighted by Crippen LogP contribution is -2.40. The zero-order valence-corrected chi connectivity index (χ0v) is 12.2. The van der Waals surface area contributed by atoms with Gasteiger partial charge in [-0.05, 0) is 30.5 Å². The van der Waals surface area contributed by atoms with E-state index in [1.807, 2.05) is 12.1 Å². The maximum Gasteiger partial charge on any atom is 0.331 e. The predicted octanol–water partition coefficient (Wildman–Crippen LogP) is 1.27. The molecule has 1 aromatic heterocycles. The molecule has 1 fully saturated rings. The Bertz CT molecular complexity index is 869. The van der Waals surface area contributed by atoms with Gasteiger partial charge in [0, 0.05) is 12.2 Å². The van der Waals surface area contributed by atoms with E-state index < -0.39 is 5.56 Å². The Morgan fingerprint density at radius 1 is 1.36 bits per heavy atom. The van der Waals surface area contributed by atoms with Gasteiger partial charge < -0.3 is 4.74 Å². The van der Waals surface area contributed by atoms with Crippen molar-refractivity contribution < 1.29 is 4.74 Å². The number of ether oxygens (including phenoxy) is 1. The minimum atomic E-state index is -0.549. The summed E-state index contributed by atoms with van der Waals surface area (Å²) in [5, 5.41) is 9.11. The van der Waals surface area contributed by atoms with E-state index in [-0.39, 0.29) is 23.8 Å². The first-order chi connectivity index (χ1) is 10.6. The molecule has 112 valence electrons. The fourth-order valence-electron chi connectivity index (χ4n) is 2.40. The average molecular weight is 297 g/mol. The van der Waals surface area contributed by atoms with E-state index in [0.29, 0.717) is 5.75 Å². The van der Waals surface area contributed by atoms with Crippen LogP contribution >= 0.6 is 0 Å². The summed E-state index contributed by atoms with van der Waals surface area (Å²) in [5.41, 5.74) is -0.146. The molecular weight excluding hydrogens is 282 g/mol. The lowest BCUT2D eigenvalue weighted by molar-refractivity contribution is 0.414. The lowest BCUT2D eigenvalue weighted by atomic mass is 10.2.